The van der Waals surface area contributed by atoms with Crippen LogP contribution in [0.2, 0.25) is 0 Å². The Morgan fingerprint density at radius 2 is 1.77 bits per heavy atom. The number of hydrogen-bond acceptors (Lipinski definition) is 9. The van der Waals surface area contributed by atoms with Crippen molar-refractivity contribution in [2.24, 2.45) is 0 Å². The summed E-state index contributed by atoms with van der Waals surface area (Å²) in [6, 6.07) is 16.9. The molecule has 0 radical (unpaired) electrons. The SMILES string of the molecule is COc1ccc(OC)c2sc(N3CCN(CCNC(=O)c4cc5c(ccc6ccccc65)oc4=O)CC3)nc12. The van der Waals surface area contributed by atoms with Gasteiger partial charge in [-0.3, -0.25) is 9.69 Å². The average Bonchev–Trinajstić information content (AvgIpc) is 3.42. The van der Waals surface area contributed by atoms with Gasteiger partial charge in [0.2, 0.25) is 0 Å². The van der Waals surface area contributed by atoms with Crippen molar-refractivity contribution >= 4 is 54.3 Å². The minimum atomic E-state index is -0.631. The topological polar surface area (TPSA) is 97.1 Å². The number of piperazine rings is 1. The summed E-state index contributed by atoms with van der Waals surface area (Å²) < 4.78 is 17.5. The molecule has 1 N–H and O–H groups in total. The standard InChI is InChI=1S/C29H28N4O5S/c1-36-23-9-10-24(37-2)26-25(23)31-29(39-26)33-15-13-32(14-16-33)12-11-30-27(34)21-17-20-19-6-4-3-5-18(19)7-8-22(20)38-28(21)35/h3-10,17H,11-16H2,1-2H3,(H,30,34). The number of methoxy groups -OCH3 is 2. The highest BCUT2D eigenvalue weighted by atomic mass is 32.1. The van der Waals surface area contributed by atoms with Crippen LogP contribution < -0.4 is 25.3 Å². The van der Waals surface area contributed by atoms with Crippen molar-refractivity contribution in [3.05, 3.63) is 70.6 Å². The largest absolute Gasteiger partial charge is 0.495 e. The van der Waals surface area contributed by atoms with Gasteiger partial charge in [0.25, 0.3) is 5.91 Å². The fourth-order valence-corrected chi connectivity index (χ4v) is 6.15. The summed E-state index contributed by atoms with van der Waals surface area (Å²) >= 11 is 1.60. The number of rotatable bonds is 7. The maximum Gasteiger partial charge on any atom is 0.349 e. The molecule has 2 aromatic heterocycles. The number of anilines is 1. The lowest BCUT2D eigenvalue weighted by Crippen LogP contribution is -2.48. The van der Waals surface area contributed by atoms with Crippen LogP contribution in [0.5, 0.6) is 11.5 Å². The first kappa shape index (κ1) is 25.1. The summed E-state index contributed by atoms with van der Waals surface area (Å²) in [5.41, 5.74) is 0.671. The Labute approximate surface area is 228 Å². The lowest BCUT2D eigenvalue weighted by molar-refractivity contribution is 0.0944. The van der Waals surface area contributed by atoms with Crippen LogP contribution in [0.15, 0.2) is 63.8 Å². The lowest BCUT2D eigenvalue weighted by atomic mass is 10.0. The summed E-state index contributed by atoms with van der Waals surface area (Å²) in [5, 5.41) is 6.55. The van der Waals surface area contributed by atoms with Gasteiger partial charge >= 0.3 is 5.63 Å². The molecule has 200 valence electrons. The molecule has 0 atom stereocenters. The van der Waals surface area contributed by atoms with Gasteiger partial charge in [-0.1, -0.05) is 41.7 Å². The lowest BCUT2D eigenvalue weighted by Gasteiger charge is -2.34. The normalized spacial score (nSPS) is 14.3. The zero-order valence-electron chi connectivity index (χ0n) is 21.7. The Morgan fingerprint density at radius 1 is 1.00 bits per heavy atom. The minimum absolute atomic E-state index is 0.0189. The molecule has 5 aromatic rings. The third-order valence-corrected chi connectivity index (χ3v) is 8.27. The molecule has 0 aliphatic carbocycles. The van der Waals surface area contributed by atoms with Crippen molar-refractivity contribution < 1.29 is 18.7 Å². The fraction of sp³-hybridized carbons (Fsp3) is 0.276. The van der Waals surface area contributed by atoms with Crippen LogP contribution in [0.1, 0.15) is 10.4 Å². The van der Waals surface area contributed by atoms with Crippen LogP contribution >= 0.6 is 11.3 Å². The number of nitrogens with one attached hydrogen (secondary N) is 1. The zero-order valence-corrected chi connectivity index (χ0v) is 22.5. The summed E-state index contributed by atoms with van der Waals surface area (Å²) in [4.78, 5) is 34.8. The molecular formula is C29H28N4O5S. The van der Waals surface area contributed by atoms with E-state index in [0.29, 0.717) is 18.7 Å². The van der Waals surface area contributed by atoms with Crippen molar-refractivity contribution in [1.82, 2.24) is 15.2 Å². The fourth-order valence-electron chi connectivity index (χ4n) is 5.02. The smallest absolute Gasteiger partial charge is 0.349 e. The van der Waals surface area contributed by atoms with E-state index in [1.165, 1.54) is 0 Å². The molecule has 1 aliphatic heterocycles. The van der Waals surface area contributed by atoms with Gasteiger partial charge in [0.05, 0.1) is 14.2 Å². The first-order valence-corrected chi connectivity index (χ1v) is 13.6. The number of aromatic nitrogens is 1. The second-order valence-electron chi connectivity index (χ2n) is 9.37. The van der Waals surface area contributed by atoms with Gasteiger partial charge in [-0.15, -0.1) is 0 Å². The number of nitrogens with zero attached hydrogens (tertiary/aromatic N) is 3. The molecule has 1 fully saturated rings. The zero-order chi connectivity index (χ0) is 26.9. The molecule has 1 saturated heterocycles. The number of benzene rings is 3. The molecule has 0 spiro atoms. The molecular weight excluding hydrogens is 516 g/mol. The summed E-state index contributed by atoms with van der Waals surface area (Å²) in [5.74, 6) is 1.10. The number of ether oxygens (including phenoxy) is 2. The van der Waals surface area contributed by atoms with Crippen LogP contribution in [-0.4, -0.2) is 69.3 Å². The molecule has 1 amide bonds. The molecule has 9 nitrogen and oxygen atoms in total. The van der Waals surface area contributed by atoms with Gasteiger partial charge < -0.3 is 24.1 Å². The summed E-state index contributed by atoms with van der Waals surface area (Å²) in [6.07, 6.45) is 0. The van der Waals surface area contributed by atoms with Gasteiger partial charge in [-0.05, 0) is 35.0 Å². The maximum atomic E-state index is 12.9. The van der Waals surface area contributed by atoms with E-state index < -0.39 is 11.5 Å². The quantitative estimate of drug-likeness (QED) is 0.241. The van der Waals surface area contributed by atoms with Crippen molar-refractivity contribution in [3.63, 3.8) is 0 Å². The maximum absolute atomic E-state index is 12.9. The van der Waals surface area contributed by atoms with Crippen molar-refractivity contribution in [2.45, 2.75) is 0 Å². The number of hydrogen-bond donors (Lipinski definition) is 1. The summed E-state index contributed by atoms with van der Waals surface area (Å²) in [7, 11) is 3.30. The van der Waals surface area contributed by atoms with Gasteiger partial charge in [-0.25, -0.2) is 9.78 Å². The molecule has 10 heteroatoms. The third-order valence-electron chi connectivity index (χ3n) is 7.14. The molecule has 3 heterocycles. The van der Waals surface area contributed by atoms with Crippen molar-refractivity contribution in [1.29, 1.82) is 0 Å². The predicted octanol–water partition coefficient (Wildman–Crippen LogP) is 4.13. The predicted molar refractivity (Wildman–Crippen MR) is 154 cm³/mol. The molecule has 3 aromatic carbocycles. The van der Waals surface area contributed by atoms with Crippen LogP contribution in [0.3, 0.4) is 0 Å². The Morgan fingerprint density at radius 3 is 2.56 bits per heavy atom. The second-order valence-corrected chi connectivity index (χ2v) is 10.4. The van der Waals surface area contributed by atoms with Crippen LogP contribution in [0.25, 0.3) is 32.0 Å². The van der Waals surface area contributed by atoms with Crippen LogP contribution in [-0.2, 0) is 0 Å². The highest BCUT2D eigenvalue weighted by Crippen LogP contribution is 2.40. The number of amides is 1. The molecule has 0 bridgehead atoms. The van der Waals surface area contributed by atoms with E-state index in [1.54, 1.807) is 37.7 Å². The van der Waals surface area contributed by atoms with E-state index in [4.69, 9.17) is 18.9 Å². The van der Waals surface area contributed by atoms with Crippen molar-refractivity contribution in [3.8, 4) is 11.5 Å². The monoisotopic (exact) mass is 544 g/mol. The third kappa shape index (κ3) is 4.77. The molecule has 1 aliphatic rings. The Kier molecular flexibility index (Phi) is 6.80. The molecule has 0 saturated carbocycles. The first-order valence-electron chi connectivity index (χ1n) is 12.8. The van der Waals surface area contributed by atoms with Gasteiger partial charge in [0.15, 0.2) is 5.13 Å². The van der Waals surface area contributed by atoms with E-state index in [1.807, 2.05) is 42.5 Å². The van der Waals surface area contributed by atoms with E-state index in [9.17, 15) is 9.59 Å². The van der Waals surface area contributed by atoms with Gasteiger partial charge in [-0.2, -0.15) is 0 Å². The van der Waals surface area contributed by atoms with Crippen LogP contribution in [0.4, 0.5) is 5.13 Å². The highest BCUT2D eigenvalue weighted by molar-refractivity contribution is 7.22. The summed E-state index contributed by atoms with van der Waals surface area (Å²) in [6.45, 7) is 4.43. The number of fused-ring (bicyclic) bond motifs is 4. The Bertz CT molecular complexity index is 1700. The first-order chi connectivity index (χ1) is 19.1. The van der Waals surface area contributed by atoms with E-state index in [2.05, 4.69) is 15.1 Å². The van der Waals surface area contributed by atoms with E-state index in [0.717, 1.165) is 69.2 Å². The highest BCUT2D eigenvalue weighted by Gasteiger charge is 2.22. The Balaban J connectivity index is 1.08. The number of carbonyl (C=O) groups excluding carboxylic acids is 1. The minimum Gasteiger partial charge on any atom is -0.495 e. The average molecular weight is 545 g/mol. The number of thiazole rings is 1. The molecule has 6 rings (SSSR count). The second kappa shape index (κ2) is 10.5. The van der Waals surface area contributed by atoms with Crippen molar-refractivity contribution in [2.75, 3.05) is 58.4 Å². The van der Waals surface area contributed by atoms with E-state index >= 15 is 0 Å². The molecule has 39 heavy (non-hydrogen) atoms. The van der Waals surface area contributed by atoms with Crippen LogP contribution in [0, 0.1) is 0 Å². The van der Waals surface area contributed by atoms with Gasteiger partial charge in [0, 0.05) is 44.7 Å². The Hall–Kier alpha value is -4.15. The molecule has 0 unspecified atom stereocenters. The van der Waals surface area contributed by atoms with E-state index in [-0.39, 0.29) is 5.56 Å². The van der Waals surface area contributed by atoms with Gasteiger partial charge in [0.1, 0.15) is 32.9 Å². The number of carbonyl (C=O) groups is 1.